The average molecular weight is 357 g/mol. The van der Waals surface area contributed by atoms with Gasteiger partial charge in [-0.15, -0.1) is 0 Å². The Kier molecular flexibility index (Phi) is 5.51. The Morgan fingerprint density at radius 3 is 2.81 bits per heavy atom. The highest BCUT2D eigenvalue weighted by molar-refractivity contribution is 9.10. The number of carboxylic acid groups (broad SMARTS) is 1. The Balaban J connectivity index is 2.21. The van der Waals surface area contributed by atoms with Gasteiger partial charge in [0.25, 0.3) is 0 Å². The lowest BCUT2D eigenvalue weighted by Crippen LogP contribution is -2.25. The minimum absolute atomic E-state index is 0.171. The van der Waals surface area contributed by atoms with Crippen LogP contribution in [0, 0.1) is 5.92 Å². The molecule has 1 saturated carbocycles. The third kappa shape index (κ3) is 3.90. The normalized spacial score (nSPS) is 21.9. The molecule has 5 heteroatoms. The summed E-state index contributed by atoms with van der Waals surface area (Å²) in [6.45, 7) is 2.21. The largest absolute Gasteiger partial charge is 0.493 e. The number of hydrogen-bond donors (Lipinski definition) is 1. The minimum Gasteiger partial charge on any atom is -0.493 e. The maximum absolute atomic E-state index is 11.1. The third-order valence-corrected chi connectivity index (χ3v) is 4.66. The smallest absolute Gasteiger partial charge is 0.335 e. The van der Waals surface area contributed by atoms with Crippen LogP contribution in [-0.2, 0) is 0 Å². The van der Waals surface area contributed by atoms with Crippen molar-refractivity contribution in [3.63, 3.8) is 0 Å². The summed E-state index contributed by atoms with van der Waals surface area (Å²) in [5.74, 6) is 0.792. The second-order valence-electron chi connectivity index (χ2n) is 5.48. The first-order valence-corrected chi connectivity index (χ1v) is 8.11. The third-order valence-electron chi connectivity index (χ3n) is 4.07. The van der Waals surface area contributed by atoms with E-state index in [2.05, 4.69) is 22.9 Å². The summed E-state index contributed by atoms with van der Waals surface area (Å²) in [7, 11) is 1.52. The number of rotatable bonds is 5. The van der Waals surface area contributed by atoms with Crippen molar-refractivity contribution < 1.29 is 19.4 Å². The maximum Gasteiger partial charge on any atom is 0.335 e. The van der Waals surface area contributed by atoms with E-state index in [4.69, 9.17) is 14.6 Å². The molecule has 2 atom stereocenters. The van der Waals surface area contributed by atoms with Gasteiger partial charge in [-0.3, -0.25) is 0 Å². The lowest BCUT2D eigenvalue weighted by atomic mass is 9.85. The van der Waals surface area contributed by atoms with E-state index >= 15 is 0 Å². The van der Waals surface area contributed by atoms with E-state index < -0.39 is 5.97 Å². The van der Waals surface area contributed by atoms with Crippen LogP contribution in [0.25, 0.3) is 0 Å². The van der Waals surface area contributed by atoms with Gasteiger partial charge >= 0.3 is 5.97 Å². The molecule has 0 heterocycles. The lowest BCUT2D eigenvalue weighted by molar-refractivity contribution is 0.0696. The van der Waals surface area contributed by atoms with Crippen LogP contribution in [-0.4, -0.2) is 24.3 Å². The number of ether oxygens (including phenoxy) is 2. The van der Waals surface area contributed by atoms with Gasteiger partial charge in [0.2, 0.25) is 0 Å². The number of aromatic carboxylic acids is 1. The first-order valence-electron chi connectivity index (χ1n) is 7.32. The molecule has 1 N–H and O–H groups in total. The molecule has 21 heavy (non-hydrogen) atoms. The molecular formula is C16H21BrO4. The molecule has 4 nitrogen and oxygen atoms in total. The van der Waals surface area contributed by atoms with Crippen molar-refractivity contribution in [2.45, 2.75) is 45.1 Å². The fourth-order valence-corrected chi connectivity index (χ4v) is 3.38. The van der Waals surface area contributed by atoms with E-state index in [1.807, 2.05) is 0 Å². The van der Waals surface area contributed by atoms with Gasteiger partial charge in [-0.25, -0.2) is 4.79 Å². The number of benzene rings is 1. The van der Waals surface area contributed by atoms with Crippen molar-refractivity contribution in [2.24, 2.45) is 5.92 Å². The Bertz CT molecular complexity index is 515. The molecule has 1 fully saturated rings. The quantitative estimate of drug-likeness (QED) is 0.843. The molecule has 0 aliphatic heterocycles. The molecular weight excluding hydrogens is 336 g/mol. The minimum atomic E-state index is -0.982. The van der Waals surface area contributed by atoms with Crippen molar-refractivity contribution in [3.8, 4) is 11.5 Å². The number of hydrogen-bond acceptors (Lipinski definition) is 3. The Hall–Kier alpha value is -1.23. The summed E-state index contributed by atoms with van der Waals surface area (Å²) < 4.78 is 12.0. The topological polar surface area (TPSA) is 55.8 Å². The van der Waals surface area contributed by atoms with Gasteiger partial charge in [0.05, 0.1) is 23.2 Å². The van der Waals surface area contributed by atoms with Crippen molar-refractivity contribution >= 4 is 21.9 Å². The second-order valence-corrected chi connectivity index (χ2v) is 6.33. The zero-order valence-electron chi connectivity index (χ0n) is 12.4. The highest BCUT2D eigenvalue weighted by Gasteiger charge is 2.24. The van der Waals surface area contributed by atoms with Crippen LogP contribution < -0.4 is 9.47 Å². The van der Waals surface area contributed by atoms with Gasteiger partial charge in [-0.05, 0) is 53.2 Å². The summed E-state index contributed by atoms with van der Waals surface area (Å²) in [4.78, 5) is 11.1. The van der Waals surface area contributed by atoms with Gasteiger partial charge in [-0.2, -0.15) is 0 Å². The van der Waals surface area contributed by atoms with Crippen molar-refractivity contribution in [1.29, 1.82) is 0 Å². The molecule has 0 aromatic heterocycles. The SMILES string of the molecule is CCC1CCCC(Oc2c(Br)cc(C(=O)O)cc2OC)C1. The molecule has 1 aromatic carbocycles. The van der Waals surface area contributed by atoms with Crippen molar-refractivity contribution in [2.75, 3.05) is 7.11 Å². The Labute approximate surface area is 133 Å². The highest BCUT2D eigenvalue weighted by Crippen LogP contribution is 2.39. The van der Waals surface area contributed by atoms with Crippen molar-refractivity contribution in [1.82, 2.24) is 0 Å². The summed E-state index contributed by atoms with van der Waals surface area (Å²) in [6, 6.07) is 3.06. The van der Waals surface area contributed by atoms with E-state index in [0.717, 1.165) is 12.8 Å². The molecule has 1 aromatic rings. The molecule has 0 amide bonds. The number of carbonyl (C=O) groups is 1. The molecule has 116 valence electrons. The van der Waals surface area contributed by atoms with Crippen LogP contribution in [0.4, 0.5) is 0 Å². The van der Waals surface area contributed by atoms with Crippen LogP contribution >= 0.6 is 15.9 Å². The molecule has 0 spiro atoms. The monoisotopic (exact) mass is 356 g/mol. The summed E-state index contributed by atoms with van der Waals surface area (Å²) >= 11 is 3.40. The van der Waals surface area contributed by atoms with Crippen LogP contribution in [0.1, 0.15) is 49.4 Å². The second kappa shape index (κ2) is 7.16. The van der Waals surface area contributed by atoms with Crippen molar-refractivity contribution in [3.05, 3.63) is 22.2 Å². The number of methoxy groups -OCH3 is 1. The van der Waals surface area contributed by atoms with E-state index in [9.17, 15) is 4.79 Å². The fraction of sp³-hybridized carbons (Fsp3) is 0.562. The predicted octanol–water partition coefficient (Wildman–Crippen LogP) is 4.50. The van der Waals surface area contributed by atoms with Crippen LogP contribution in [0.3, 0.4) is 0 Å². The molecule has 0 saturated heterocycles. The van der Waals surface area contributed by atoms with Crippen LogP contribution in [0.2, 0.25) is 0 Å². The zero-order valence-corrected chi connectivity index (χ0v) is 14.0. The maximum atomic E-state index is 11.1. The van der Waals surface area contributed by atoms with Crippen LogP contribution in [0.5, 0.6) is 11.5 Å². The molecule has 2 rings (SSSR count). The zero-order chi connectivity index (χ0) is 15.4. The molecule has 0 bridgehead atoms. The van der Waals surface area contributed by atoms with E-state index in [-0.39, 0.29) is 11.7 Å². The standard InChI is InChI=1S/C16H21BrO4/c1-3-10-5-4-6-12(7-10)21-15-13(17)8-11(16(18)19)9-14(15)20-2/h8-10,12H,3-7H2,1-2H3,(H,18,19). The highest BCUT2D eigenvalue weighted by atomic mass is 79.9. The molecule has 1 aliphatic rings. The van der Waals surface area contributed by atoms with Gasteiger partial charge in [0, 0.05) is 0 Å². The van der Waals surface area contributed by atoms with E-state index in [1.54, 1.807) is 6.07 Å². The summed E-state index contributed by atoms with van der Waals surface area (Å²) in [5, 5.41) is 9.09. The van der Waals surface area contributed by atoms with Gasteiger partial charge in [-0.1, -0.05) is 19.8 Å². The first-order chi connectivity index (χ1) is 10.0. The molecule has 1 aliphatic carbocycles. The average Bonchev–Trinajstić information content (AvgIpc) is 2.49. The number of carboxylic acids is 1. The van der Waals surface area contributed by atoms with E-state index in [0.29, 0.717) is 21.9 Å². The van der Waals surface area contributed by atoms with Gasteiger partial charge in [0.1, 0.15) is 0 Å². The van der Waals surface area contributed by atoms with E-state index in [1.165, 1.54) is 32.4 Å². The summed E-state index contributed by atoms with van der Waals surface area (Å²) in [5.41, 5.74) is 0.182. The first kappa shape index (κ1) is 16.1. The van der Waals surface area contributed by atoms with Gasteiger partial charge < -0.3 is 14.6 Å². The van der Waals surface area contributed by atoms with Gasteiger partial charge in [0.15, 0.2) is 11.5 Å². The van der Waals surface area contributed by atoms with Crippen LogP contribution in [0.15, 0.2) is 16.6 Å². The molecule has 2 unspecified atom stereocenters. The summed E-state index contributed by atoms with van der Waals surface area (Å²) in [6.07, 6.45) is 5.88. The predicted molar refractivity (Wildman–Crippen MR) is 84.3 cm³/mol. The Morgan fingerprint density at radius 2 is 2.19 bits per heavy atom. The lowest BCUT2D eigenvalue weighted by Gasteiger charge is -2.29. The number of halogens is 1. The Morgan fingerprint density at radius 1 is 1.43 bits per heavy atom. The molecule has 0 radical (unpaired) electrons. The fourth-order valence-electron chi connectivity index (χ4n) is 2.84.